The molecule has 40 heavy (non-hydrogen) atoms. The normalized spacial score (nSPS) is 31.8. The maximum Gasteiger partial charge on any atom is 0.229 e. The smallest absolute Gasteiger partial charge is 0.229 e. The molecule has 2 aromatic carbocycles. The lowest BCUT2D eigenvalue weighted by molar-refractivity contribution is -0.277. The van der Waals surface area contributed by atoms with Crippen LogP contribution < -0.4 is 18.9 Å². The Balaban J connectivity index is 1.93. The van der Waals surface area contributed by atoms with Crippen LogP contribution in [0, 0.1) is 5.92 Å². The molecular formula is C27H36O13. The largest absolute Gasteiger partial charge is 0.504 e. The van der Waals surface area contributed by atoms with Gasteiger partial charge >= 0.3 is 0 Å². The van der Waals surface area contributed by atoms with Gasteiger partial charge in [0.15, 0.2) is 23.0 Å². The summed E-state index contributed by atoms with van der Waals surface area (Å²) in [6.07, 6.45) is -7.89. The predicted octanol–water partition coefficient (Wildman–Crippen LogP) is -1.38. The van der Waals surface area contributed by atoms with Crippen LogP contribution in [0.2, 0.25) is 0 Å². The van der Waals surface area contributed by atoms with Gasteiger partial charge in [0.05, 0.1) is 40.1 Å². The number of fused-ring (bicyclic) bond motifs is 1. The fourth-order valence-electron chi connectivity index (χ4n) is 5.62. The van der Waals surface area contributed by atoms with Gasteiger partial charge in [0, 0.05) is 30.4 Å². The Morgan fingerprint density at radius 3 is 2.15 bits per heavy atom. The number of benzene rings is 2. The lowest BCUT2D eigenvalue weighted by Gasteiger charge is -2.45. The van der Waals surface area contributed by atoms with E-state index in [1.807, 2.05) is 0 Å². The van der Waals surface area contributed by atoms with Crippen LogP contribution in [0.3, 0.4) is 0 Å². The van der Waals surface area contributed by atoms with Crippen molar-refractivity contribution in [1.82, 2.24) is 0 Å². The Hall–Kier alpha value is -2.88. The van der Waals surface area contributed by atoms with E-state index in [4.69, 9.17) is 23.7 Å². The van der Waals surface area contributed by atoms with Crippen LogP contribution in [0.4, 0.5) is 0 Å². The van der Waals surface area contributed by atoms with Crippen LogP contribution >= 0.6 is 0 Å². The fraction of sp³-hybridized carbons (Fsp3) is 0.556. The maximum atomic E-state index is 11.5. The van der Waals surface area contributed by atoms with Crippen molar-refractivity contribution in [3.63, 3.8) is 0 Å². The third kappa shape index (κ3) is 5.03. The highest BCUT2D eigenvalue weighted by atomic mass is 16.7. The van der Waals surface area contributed by atoms with Crippen LogP contribution in [0.25, 0.3) is 0 Å². The van der Waals surface area contributed by atoms with E-state index in [-0.39, 0.29) is 35.2 Å². The molecule has 13 heteroatoms. The topological polar surface area (TPSA) is 208 Å². The Labute approximate surface area is 230 Å². The van der Waals surface area contributed by atoms with Crippen LogP contribution in [-0.4, -0.2) is 118 Å². The second-order valence-electron chi connectivity index (χ2n) is 9.97. The highest BCUT2D eigenvalue weighted by Crippen LogP contribution is 2.55. The monoisotopic (exact) mass is 568 g/mol. The zero-order valence-corrected chi connectivity index (χ0v) is 22.3. The summed E-state index contributed by atoms with van der Waals surface area (Å²) in [5, 5.41) is 82.9. The number of hydrogen-bond donors (Lipinski definition) is 8. The van der Waals surface area contributed by atoms with E-state index in [2.05, 4.69) is 0 Å². The average molecular weight is 569 g/mol. The third-order valence-corrected chi connectivity index (χ3v) is 7.77. The van der Waals surface area contributed by atoms with Crippen molar-refractivity contribution in [2.75, 3.05) is 41.2 Å². The molecule has 8 atom stereocenters. The molecule has 1 fully saturated rings. The minimum atomic E-state index is -1.76. The molecule has 0 aromatic heterocycles. The van der Waals surface area contributed by atoms with Gasteiger partial charge in [0.1, 0.15) is 24.4 Å². The molecule has 222 valence electrons. The van der Waals surface area contributed by atoms with Crippen molar-refractivity contribution in [3.05, 3.63) is 41.0 Å². The van der Waals surface area contributed by atoms with E-state index in [0.717, 1.165) is 0 Å². The highest BCUT2D eigenvalue weighted by Gasteiger charge is 2.50. The number of hydrogen-bond acceptors (Lipinski definition) is 13. The summed E-state index contributed by atoms with van der Waals surface area (Å²) in [4.78, 5) is 0. The molecule has 8 N–H and O–H groups in total. The molecule has 2 aromatic rings. The number of aliphatic hydroxyl groups is 7. The second kappa shape index (κ2) is 11.9. The first kappa shape index (κ1) is 30.1. The minimum absolute atomic E-state index is 0.0602. The molecule has 0 radical (unpaired) electrons. The molecular weight excluding hydrogens is 532 g/mol. The van der Waals surface area contributed by atoms with Gasteiger partial charge in [-0.3, -0.25) is 0 Å². The van der Waals surface area contributed by atoms with Crippen molar-refractivity contribution in [3.8, 4) is 28.7 Å². The van der Waals surface area contributed by atoms with Crippen LogP contribution in [0.15, 0.2) is 24.3 Å². The van der Waals surface area contributed by atoms with Crippen molar-refractivity contribution in [1.29, 1.82) is 0 Å². The van der Waals surface area contributed by atoms with Gasteiger partial charge in [0.2, 0.25) is 12.0 Å². The van der Waals surface area contributed by atoms with Gasteiger partial charge in [-0.05, 0) is 29.3 Å². The van der Waals surface area contributed by atoms with Crippen molar-refractivity contribution in [2.45, 2.75) is 48.6 Å². The second-order valence-corrected chi connectivity index (χ2v) is 9.97. The molecule has 1 saturated heterocycles. The van der Waals surface area contributed by atoms with Crippen molar-refractivity contribution in [2.24, 2.45) is 5.92 Å². The minimum Gasteiger partial charge on any atom is -0.504 e. The third-order valence-electron chi connectivity index (χ3n) is 7.77. The van der Waals surface area contributed by atoms with E-state index in [1.54, 1.807) is 12.1 Å². The number of ether oxygens (including phenoxy) is 5. The Morgan fingerprint density at radius 1 is 0.875 bits per heavy atom. The Bertz CT molecular complexity index is 1190. The highest BCUT2D eigenvalue weighted by molar-refractivity contribution is 5.64. The number of rotatable bonds is 9. The van der Waals surface area contributed by atoms with Crippen LogP contribution in [0.1, 0.15) is 22.6 Å². The fourth-order valence-corrected chi connectivity index (χ4v) is 5.62. The van der Waals surface area contributed by atoms with Crippen LogP contribution in [0.5, 0.6) is 28.7 Å². The SMILES string of the molecule is COc1cc([C@H]2c3c(cc(OC)c(O[C@@H]4O[C@H](CO)[C@@H](O)[C@H](O)[C@H]4O)c3OC)C[C@@](O)(CO)[C@@H]2CO)ccc1O. The average Bonchev–Trinajstić information content (AvgIpc) is 2.96. The summed E-state index contributed by atoms with van der Waals surface area (Å²) >= 11 is 0. The van der Waals surface area contributed by atoms with Gasteiger partial charge < -0.3 is 64.5 Å². The summed E-state index contributed by atoms with van der Waals surface area (Å²) in [5.74, 6) is -1.66. The summed E-state index contributed by atoms with van der Waals surface area (Å²) in [6.45, 7) is -1.87. The van der Waals surface area contributed by atoms with E-state index in [1.165, 1.54) is 33.5 Å². The lowest BCUT2D eigenvalue weighted by Crippen LogP contribution is -2.60. The van der Waals surface area contributed by atoms with Gasteiger partial charge in [-0.15, -0.1) is 0 Å². The molecule has 1 heterocycles. The summed E-state index contributed by atoms with van der Waals surface area (Å²) < 4.78 is 28.1. The standard InChI is InChI=1S/C27H36O13/c1-36-16-6-12(4-5-15(16)31)19-14(9-28)27(35,11-30)8-13-7-17(37-2)24(25(38-3)20(13)19)40-26-23(34)22(33)21(32)18(10-29)39-26/h4-7,14,18-19,21-23,26,28-35H,8-11H2,1-3H3/t14-,18-,19-,21-,22+,23-,26+,27-/m1/s1. The van der Waals surface area contributed by atoms with Gasteiger partial charge in [-0.25, -0.2) is 0 Å². The van der Waals surface area contributed by atoms with E-state index in [9.17, 15) is 40.9 Å². The van der Waals surface area contributed by atoms with Gasteiger partial charge in [-0.2, -0.15) is 0 Å². The quantitative estimate of drug-likeness (QED) is 0.176. The predicted molar refractivity (Wildman–Crippen MR) is 137 cm³/mol. The zero-order chi connectivity index (χ0) is 29.4. The first-order chi connectivity index (χ1) is 19.1. The molecule has 1 aliphatic carbocycles. The first-order valence-electron chi connectivity index (χ1n) is 12.6. The van der Waals surface area contributed by atoms with E-state index in [0.29, 0.717) is 16.7 Å². The van der Waals surface area contributed by atoms with Gasteiger partial charge in [-0.1, -0.05) is 6.07 Å². The summed E-state index contributed by atoms with van der Waals surface area (Å²) in [5.41, 5.74) is -0.308. The molecule has 0 saturated carbocycles. The van der Waals surface area contributed by atoms with Crippen molar-refractivity contribution < 1.29 is 64.5 Å². The van der Waals surface area contributed by atoms with Crippen molar-refractivity contribution >= 4 is 0 Å². The molecule has 0 spiro atoms. The molecule has 2 aliphatic rings. The Kier molecular flexibility index (Phi) is 8.97. The molecule has 13 nitrogen and oxygen atoms in total. The molecule has 4 rings (SSSR count). The van der Waals surface area contributed by atoms with E-state index >= 15 is 0 Å². The van der Waals surface area contributed by atoms with Crippen LogP contribution in [-0.2, 0) is 11.2 Å². The maximum absolute atomic E-state index is 11.5. The summed E-state index contributed by atoms with van der Waals surface area (Å²) in [7, 11) is 4.07. The zero-order valence-electron chi connectivity index (χ0n) is 22.3. The van der Waals surface area contributed by atoms with E-state index < -0.39 is 68.0 Å². The number of aromatic hydroxyl groups is 1. The summed E-state index contributed by atoms with van der Waals surface area (Å²) in [6, 6.07) is 6.07. The van der Waals surface area contributed by atoms with Gasteiger partial charge in [0.25, 0.3) is 0 Å². The lowest BCUT2D eigenvalue weighted by atomic mass is 9.64. The first-order valence-corrected chi connectivity index (χ1v) is 12.6. The number of aliphatic hydroxyl groups excluding tert-OH is 6. The Morgan fingerprint density at radius 2 is 1.57 bits per heavy atom. The number of methoxy groups -OCH3 is 3. The molecule has 0 amide bonds. The molecule has 1 aliphatic heterocycles. The number of phenolic OH excluding ortho intramolecular Hbond substituents is 1. The number of phenols is 1. The molecule has 0 unspecified atom stereocenters. The molecule has 0 bridgehead atoms.